The zero-order valence-corrected chi connectivity index (χ0v) is 8.64. The van der Waals surface area contributed by atoms with E-state index < -0.39 is 0 Å². The number of ether oxygens (including phenoxy) is 1. The van der Waals surface area contributed by atoms with Gasteiger partial charge in [0.15, 0.2) is 0 Å². The van der Waals surface area contributed by atoms with E-state index in [9.17, 15) is 0 Å². The van der Waals surface area contributed by atoms with E-state index in [1.165, 1.54) is 7.11 Å². The average molecular weight is 204 g/mol. The molecule has 0 radical (unpaired) electrons. The largest absolute Gasteiger partial charge is 0.466 e. The van der Waals surface area contributed by atoms with Crippen molar-refractivity contribution in [3.05, 3.63) is 29.8 Å². The number of hydrogen-bond donors (Lipinski definition) is 1. The molecule has 1 aromatic heterocycles. The van der Waals surface area contributed by atoms with Crippen LogP contribution in [0.15, 0.2) is 24.3 Å². The van der Waals surface area contributed by atoms with Gasteiger partial charge in [-0.1, -0.05) is 12.1 Å². The van der Waals surface area contributed by atoms with E-state index in [-0.39, 0.29) is 6.01 Å². The first-order chi connectivity index (χ1) is 7.20. The highest BCUT2D eigenvalue weighted by molar-refractivity contribution is 5.40. The Hall–Kier alpha value is -2.04. The number of rotatable bonds is 2. The standard InChI is InChI=1S/C10H12N4O/c1-7-4-3-5-8(6-7)14-9(11)12-10(13-14)15-2/h3-6H,1-2H3,(H2,11,12,13). The number of aryl methyl sites for hydroxylation is 1. The molecule has 1 aromatic carbocycles. The molecule has 0 aliphatic heterocycles. The van der Waals surface area contributed by atoms with Crippen molar-refractivity contribution in [3.63, 3.8) is 0 Å². The van der Waals surface area contributed by atoms with Crippen LogP contribution in [-0.4, -0.2) is 21.9 Å². The number of hydrogen-bond acceptors (Lipinski definition) is 4. The van der Waals surface area contributed by atoms with Gasteiger partial charge in [0.2, 0.25) is 5.95 Å². The lowest BCUT2D eigenvalue weighted by Gasteiger charge is -2.02. The molecule has 15 heavy (non-hydrogen) atoms. The maximum Gasteiger partial charge on any atom is 0.337 e. The van der Waals surface area contributed by atoms with E-state index in [1.807, 2.05) is 31.2 Å². The maximum atomic E-state index is 5.71. The van der Waals surface area contributed by atoms with Crippen LogP contribution < -0.4 is 10.5 Å². The fraction of sp³-hybridized carbons (Fsp3) is 0.200. The van der Waals surface area contributed by atoms with E-state index in [4.69, 9.17) is 10.5 Å². The number of nitrogens with two attached hydrogens (primary N) is 1. The molecule has 5 heteroatoms. The molecule has 5 nitrogen and oxygen atoms in total. The molecule has 0 aliphatic rings. The molecule has 0 fully saturated rings. The summed E-state index contributed by atoms with van der Waals surface area (Å²) in [6.07, 6.45) is 0. The van der Waals surface area contributed by atoms with Crippen LogP contribution in [0.25, 0.3) is 5.69 Å². The summed E-state index contributed by atoms with van der Waals surface area (Å²) in [4.78, 5) is 3.94. The molecule has 0 amide bonds. The molecule has 78 valence electrons. The summed E-state index contributed by atoms with van der Waals surface area (Å²) in [5.41, 5.74) is 7.73. The Morgan fingerprint density at radius 2 is 2.20 bits per heavy atom. The fourth-order valence-electron chi connectivity index (χ4n) is 1.34. The van der Waals surface area contributed by atoms with Crippen molar-refractivity contribution < 1.29 is 4.74 Å². The van der Waals surface area contributed by atoms with Gasteiger partial charge in [-0.05, 0) is 24.6 Å². The summed E-state index contributed by atoms with van der Waals surface area (Å²) in [6.45, 7) is 2.01. The monoisotopic (exact) mass is 204 g/mol. The van der Waals surface area contributed by atoms with Crippen LogP contribution in [0, 0.1) is 6.92 Å². The summed E-state index contributed by atoms with van der Waals surface area (Å²) < 4.78 is 6.45. The Kier molecular flexibility index (Phi) is 2.29. The Morgan fingerprint density at radius 3 is 2.80 bits per heavy atom. The molecule has 2 aromatic rings. The van der Waals surface area contributed by atoms with Gasteiger partial charge in [-0.2, -0.15) is 9.67 Å². The zero-order valence-electron chi connectivity index (χ0n) is 8.64. The molecular formula is C10H12N4O. The molecule has 0 saturated heterocycles. The summed E-state index contributed by atoms with van der Waals surface area (Å²) in [7, 11) is 1.51. The second kappa shape index (κ2) is 3.61. The van der Waals surface area contributed by atoms with Crippen molar-refractivity contribution in [2.24, 2.45) is 0 Å². The predicted octanol–water partition coefficient (Wildman–Crippen LogP) is 1.17. The van der Waals surface area contributed by atoms with E-state index in [0.29, 0.717) is 5.95 Å². The van der Waals surface area contributed by atoms with Gasteiger partial charge in [0.05, 0.1) is 12.8 Å². The zero-order chi connectivity index (χ0) is 10.8. The van der Waals surface area contributed by atoms with E-state index in [2.05, 4.69) is 10.1 Å². The van der Waals surface area contributed by atoms with Crippen molar-refractivity contribution >= 4 is 5.95 Å². The Balaban J connectivity index is 2.48. The third kappa shape index (κ3) is 1.76. The van der Waals surface area contributed by atoms with Crippen LogP contribution in [0.3, 0.4) is 0 Å². The van der Waals surface area contributed by atoms with Crippen molar-refractivity contribution in [2.45, 2.75) is 6.92 Å². The summed E-state index contributed by atoms with van der Waals surface area (Å²) in [5.74, 6) is 0.317. The van der Waals surface area contributed by atoms with Crippen molar-refractivity contribution in [2.75, 3.05) is 12.8 Å². The minimum Gasteiger partial charge on any atom is -0.466 e. The Bertz CT molecular complexity index is 478. The van der Waals surface area contributed by atoms with Crippen LogP contribution in [0.2, 0.25) is 0 Å². The summed E-state index contributed by atoms with van der Waals surface area (Å²) in [6, 6.07) is 8.11. The highest BCUT2D eigenvalue weighted by Crippen LogP contribution is 2.15. The molecule has 0 atom stereocenters. The van der Waals surface area contributed by atoms with Crippen LogP contribution in [0.1, 0.15) is 5.56 Å². The third-order valence-electron chi connectivity index (χ3n) is 2.04. The smallest absolute Gasteiger partial charge is 0.337 e. The first-order valence-electron chi connectivity index (χ1n) is 4.54. The van der Waals surface area contributed by atoms with Gasteiger partial charge in [-0.15, -0.1) is 5.10 Å². The second-order valence-electron chi connectivity index (χ2n) is 3.21. The van der Waals surface area contributed by atoms with Crippen molar-refractivity contribution in [1.82, 2.24) is 14.8 Å². The van der Waals surface area contributed by atoms with Crippen LogP contribution in [0.4, 0.5) is 5.95 Å². The first kappa shape index (κ1) is 9.51. The quantitative estimate of drug-likeness (QED) is 0.797. The normalized spacial score (nSPS) is 10.3. The van der Waals surface area contributed by atoms with Crippen LogP contribution in [-0.2, 0) is 0 Å². The molecule has 0 saturated carbocycles. The third-order valence-corrected chi connectivity index (χ3v) is 2.04. The number of nitrogen functional groups attached to an aromatic ring is 1. The van der Waals surface area contributed by atoms with E-state index >= 15 is 0 Å². The van der Waals surface area contributed by atoms with Gasteiger partial charge in [0.1, 0.15) is 0 Å². The van der Waals surface area contributed by atoms with Gasteiger partial charge in [-0.3, -0.25) is 0 Å². The fourth-order valence-corrected chi connectivity index (χ4v) is 1.34. The second-order valence-corrected chi connectivity index (χ2v) is 3.21. The number of anilines is 1. The lowest BCUT2D eigenvalue weighted by Crippen LogP contribution is -2.02. The highest BCUT2D eigenvalue weighted by atomic mass is 16.5. The Morgan fingerprint density at radius 1 is 1.40 bits per heavy atom. The number of methoxy groups -OCH3 is 1. The van der Waals surface area contributed by atoms with Gasteiger partial charge < -0.3 is 10.5 Å². The topological polar surface area (TPSA) is 66.0 Å². The lowest BCUT2D eigenvalue weighted by molar-refractivity contribution is 0.380. The predicted molar refractivity (Wildman–Crippen MR) is 57.1 cm³/mol. The first-order valence-corrected chi connectivity index (χ1v) is 4.54. The molecule has 0 bridgehead atoms. The van der Waals surface area contributed by atoms with E-state index in [0.717, 1.165) is 11.3 Å². The minimum absolute atomic E-state index is 0.272. The average Bonchev–Trinajstić information content (AvgIpc) is 2.60. The summed E-state index contributed by atoms with van der Waals surface area (Å²) in [5, 5.41) is 4.10. The highest BCUT2D eigenvalue weighted by Gasteiger charge is 2.08. The number of nitrogens with zero attached hydrogens (tertiary/aromatic N) is 3. The van der Waals surface area contributed by atoms with Gasteiger partial charge in [0, 0.05) is 0 Å². The van der Waals surface area contributed by atoms with Crippen LogP contribution in [0.5, 0.6) is 6.01 Å². The van der Waals surface area contributed by atoms with Gasteiger partial charge in [0.25, 0.3) is 0 Å². The lowest BCUT2D eigenvalue weighted by atomic mass is 10.2. The van der Waals surface area contributed by atoms with Crippen molar-refractivity contribution in [3.8, 4) is 11.7 Å². The molecule has 0 spiro atoms. The molecule has 0 aliphatic carbocycles. The van der Waals surface area contributed by atoms with Gasteiger partial charge >= 0.3 is 6.01 Å². The molecule has 2 rings (SSSR count). The molecule has 2 N–H and O–H groups in total. The minimum atomic E-state index is 0.272. The van der Waals surface area contributed by atoms with Gasteiger partial charge in [-0.25, -0.2) is 0 Å². The Labute approximate surface area is 87.5 Å². The summed E-state index contributed by atoms with van der Waals surface area (Å²) >= 11 is 0. The van der Waals surface area contributed by atoms with Crippen molar-refractivity contribution in [1.29, 1.82) is 0 Å². The maximum absolute atomic E-state index is 5.71. The van der Waals surface area contributed by atoms with E-state index in [1.54, 1.807) is 4.68 Å². The van der Waals surface area contributed by atoms with Crippen LogP contribution >= 0.6 is 0 Å². The molecular weight excluding hydrogens is 192 g/mol. The number of aromatic nitrogens is 3. The SMILES string of the molecule is COc1nc(N)n(-c2cccc(C)c2)n1. The molecule has 1 heterocycles. The number of benzene rings is 1. The molecule has 0 unspecified atom stereocenters.